The van der Waals surface area contributed by atoms with Gasteiger partial charge in [-0.25, -0.2) is 11.7 Å². The first-order valence-electron chi connectivity index (χ1n) is 9.62. The fourth-order valence-corrected chi connectivity index (χ4v) is 4.41. The molecule has 2 unspecified atom stereocenters. The van der Waals surface area contributed by atoms with Crippen LogP contribution in [-0.2, 0) is 14.3 Å². The quantitative estimate of drug-likeness (QED) is 0.326. The van der Waals surface area contributed by atoms with Crippen molar-refractivity contribution >= 4 is 11.8 Å². The smallest absolute Gasteiger partial charge is 0.236 e. The summed E-state index contributed by atoms with van der Waals surface area (Å²) in [6.07, 6.45) is 8.72. The van der Waals surface area contributed by atoms with E-state index in [1.165, 1.54) is 0 Å². The van der Waals surface area contributed by atoms with Gasteiger partial charge in [0.05, 0.1) is 12.2 Å². The second-order valence-electron chi connectivity index (χ2n) is 7.80. The first kappa shape index (κ1) is 20.1. The molecule has 0 heterocycles. The lowest BCUT2D eigenvalue weighted by Gasteiger charge is -2.36. The number of ether oxygens (including phenoxy) is 1. The van der Waals surface area contributed by atoms with E-state index in [0.717, 1.165) is 51.4 Å². The summed E-state index contributed by atoms with van der Waals surface area (Å²) in [6, 6.07) is 0. The highest BCUT2D eigenvalue weighted by Gasteiger charge is 2.33. The summed E-state index contributed by atoms with van der Waals surface area (Å²) < 4.78 is 6.31. The lowest BCUT2D eigenvalue weighted by atomic mass is 9.78. The second kappa shape index (κ2) is 9.50. The highest BCUT2D eigenvalue weighted by molar-refractivity contribution is 5.78. The third-order valence-corrected chi connectivity index (χ3v) is 6.35. The molecular formula is C18H34N4O3. The number of hydrogen-bond donors (Lipinski definition) is 4. The minimum absolute atomic E-state index is 0.0310. The monoisotopic (exact) mass is 354 g/mol. The molecule has 2 aliphatic rings. The summed E-state index contributed by atoms with van der Waals surface area (Å²) in [5, 5.41) is 0. The summed E-state index contributed by atoms with van der Waals surface area (Å²) in [4.78, 5) is 23.3. The Labute approximate surface area is 150 Å². The summed E-state index contributed by atoms with van der Waals surface area (Å²) in [5.74, 6) is 11.1. The van der Waals surface area contributed by atoms with Gasteiger partial charge in [-0.2, -0.15) is 0 Å². The number of hydrazine groups is 2. The number of amides is 2. The fraction of sp³-hybridized carbons (Fsp3) is 0.889. The van der Waals surface area contributed by atoms with Crippen molar-refractivity contribution in [3.63, 3.8) is 0 Å². The fourth-order valence-electron chi connectivity index (χ4n) is 4.41. The highest BCUT2D eigenvalue weighted by atomic mass is 16.5. The van der Waals surface area contributed by atoms with E-state index in [2.05, 4.69) is 10.9 Å². The zero-order valence-electron chi connectivity index (χ0n) is 15.5. The van der Waals surface area contributed by atoms with Crippen molar-refractivity contribution in [2.45, 2.75) is 77.4 Å². The van der Waals surface area contributed by atoms with Crippen LogP contribution in [-0.4, -0.2) is 24.0 Å². The van der Waals surface area contributed by atoms with Gasteiger partial charge in [-0.15, -0.1) is 0 Å². The molecule has 6 N–H and O–H groups in total. The van der Waals surface area contributed by atoms with E-state index >= 15 is 0 Å². The molecule has 2 rings (SSSR count). The molecule has 0 aliphatic heterocycles. The standard InChI is InChI=1S/C18H34N4O3/c1-11(17(23)21-19)13-3-7-15(8-4-13)25-16-9-5-14(6-10-16)12(2)18(24)22-20/h11-16H,3-10,19-20H2,1-2H3,(H,21,23)(H,22,24). The van der Waals surface area contributed by atoms with Crippen molar-refractivity contribution in [1.29, 1.82) is 0 Å². The van der Waals surface area contributed by atoms with Crippen LogP contribution in [0.2, 0.25) is 0 Å². The van der Waals surface area contributed by atoms with Crippen LogP contribution in [0.3, 0.4) is 0 Å². The molecule has 25 heavy (non-hydrogen) atoms. The summed E-state index contributed by atoms with van der Waals surface area (Å²) in [7, 11) is 0. The normalized spacial score (nSPS) is 32.5. The van der Waals surface area contributed by atoms with Crippen molar-refractivity contribution in [2.75, 3.05) is 0 Å². The summed E-state index contributed by atoms with van der Waals surface area (Å²) in [5.41, 5.74) is 4.52. The number of carbonyl (C=O) groups is 2. The molecule has 0 spiro atoms. The number of nitrogens with one attached hydrogen (secondary N) is 2. The lowest BCUT2D eigenvalue weighted by Crippen LogP contribution is -2.40. The minimum atomic E-state index is -0.0710. The van der Waals surface area contributed by atoms with Crippen LogP contribution >= 0.6 is 0 Å². The zero-order valence-corrected chi connectivity index (χ0v) is 15.5. The summed E-state index contributed by atoms with van der Waals surface area (Å²) in [6.45, 7) is 3.90. The van der Waals surface area contributed by atoms with E-state index in [1.807, 2.05) is 13.8 Å². The lowest BCUT2D eigenvalue weighted by molar-refractivity contribution is -0.127. The molecule has 0 bridgehead atoms. The Hall–Kier alpha value is -1.18. The Morgan fingerprint density at radius 3 is 1.36 bits per heavy atom. The van der Waals surface area contributed by atoms with E-state index in [0.29, 0.717) is 24.0 Å². The van der Waals surface area contributed by atoms with Crippen LogP contribution in [0.25, 0.3) is 0 Å². The van der Waals surface area contributed by atoms with Crippen LogP contribution in [0.15, 0.2) is 0 Å². The van der Waals surface area contributed by atoms with Crippen molar-refractivity contribution in [1.82, 2.24) is 10.9 Å². The molecule has 0 radical (unpaired) electrons. The van der Waals surface area contributed by atoms with Gasteiger partial charge >= 0.3 is 0 Å². The van der Waals surface area contributed by atoms with E-state index in [1.54, 1.807) is 0 Å². The van der Waals surface area contributed by atoms with Gasteiger partial charge in [-0.05, 0) is 63.2 Å². The second-order valence-corrected chi connectivity index (χ2v) is 7.80. The third kappa shape index (κ3) is 5.39. The largest absolute Gasteiger partial charge is 0.375 e. The highest BCUT2D eigenvalue weighted by Crippen LogP contribution is 2.36. The molecule has 2 aliphatic carbocycles. The molecule has 144 valence electrons. The number of hydrogen-bond acceptors (Lipinski definition) is 5. The summed E-state index contributed by atoms with van der Waals surface area (Å²) >= 11 is 0. The van der Waals surface area contributed by atoms with E-state index in [-0.39, 0.29) is 23.7 Å². The predicted octanol–water partition coefficient (Wildman–Crippen LogP) is 1.37. The van der Waals surface area contributed by atoms with Crippen LogP contribution in [0, 0.1) is 23.7 Å². The first-order chi connectivity index (χ1) is 12.0. The Morgan fingerprint density at radius 1 is 0.760 bits per heavy atom. The number of nitrogens with two attached hydrogens (primary N) is 2. The van der Waals surface area contributed by atoms with Gasteiger partial charge in [0.1, 0.15) is 0 Å². The number of carbonyl (C=O) groups excluding carboxylic acids is 2. The van der Waals surface area contributed by atoms with Gasteiger partial charge in [0.2, 0.25) is 11.8 Å². The molecule has 2 saturated carbocycles. The number of rotatable bonds is 6. The Balaban J connectivity index is 1.70. The maximum atomic E-state index is 11.7. The third-order valence-electron chi connectivity index (χ3n) is 6.35. The van der Waals surface area contributed by atoms with Crippen molar-refractivity contribution in [3.05, 3.63) is 0 Å². The molecule has 0 aromatic heterocycles. The molecular weight excluding hydrogens is 320 g/mol. The molecule has 2 amide bonds. The average Bonchev–Trinajstić information content (AvgIpc) is 2.66. The molecule has 7 heteroatoms. The zero-order chi connectivity index (χ0) is 18.4. The molecule has 0 aromatic rings. The molecule has 0 saturated heterocycles. The Bertz CT molecular complexity index is 404. The minimum Gasteiger partial charge on any atom is -0.375 e. The Morgan fingerprint density at radius 2 is 1.08 bits per heavy atom. The Kier molecular flexibility index (Phi) is 7.65. The van der Waals surface area contributed by atoms with Gasteiger partial charge in [0.25, 0.3) is 0 Å². The van der Waals surface area contributed by atoms with Crippen LogP contribution in [0.4, 0.5) is 0 Å². The van der Waals surface area contributed by atoms with Gasteiger partial charge in [-0.1, -0.05) is 13.8 Å². The van der Waals surface area contributed by atoms with Gasteiger partial charge in [0, 0.05) is 11.8 Å². The maximum Gasteiger partial charge on any atom is 0.236 e. The molecule has 2 atom stereocenters. The predicted molar refractivity (Wildman–Crippen MR) is 95.6 cm³/mol. The van der Waals surface area contributed by atoms with Crippen molar-refractivity contribution in [2.24, 2.45) is 35.4 Å². The maximum absolute atomic E-state index is 11.7. The van der Waals surface area contributed by atoms with Crippen LogP contribution in [0.1, 0.15) is 65.2 Å². The van der Waals surface area contributed by atoms with Crippen LogP contribution in [0.5, 0.6) is 0 Å². The molecule has 7 nitrogen and oxygen atoms in total. The SMILES string of the molecule is CC(C(=O)NN)C1CCC(OC2CCC(C(C)C(=O)NN)CC2)CC1. The van der Waals surface area contributed by atoms with Crippen LogP contribution < -0.4 is 22.5 Å². The average molecular weight is 354 g/mol. The van der Waals surface area contributed by atoms with Crippen molar-refractivity contribution in [3.8, 4) is 0 Å². The molecule has 0 aromatic carbocycles. The van der Waals surface area contributed by atoms with Gasteiger partial charge in [0.15, 0.2) is 0 Å². The first-order valence-corrected chi connectivity index (χ1v) is 9.62. The molecule has 2 fully saturated rings. The topological polar surface area (TPSA) is 119 Å². The van der Waals surface area contributed by atoms with E-state index in [9.17, 15) is 9.59 Å². The van der Waals surface area contributed by atoms with E-state index in [4.69, 9.17) is 16.4 Å². The van der Waals surface area contributed by atoms with E-state index < -0.39 is 0 Å². The van der Waals surface area contributed by atoms with Gasteiger partial charge in [-0.3, -0.25) is 20.4 Å². The van der Waals surface area contributed by atoms with Crippen molar-refractivity contribution < 1.29 is 14.3 Å². The van der Waals surface area contributed by atoms with Gasteiger partial charge < -0.3 is 4.74 Å².